The van der Waals surface area contributed by atoms with Crippen molar-refractivity contribution in [2.75, 3.05) is 13.1 Å². The van der Waals surface area contributed by atoms with Crippen molar-refractivity contribution in [3.63, 3.8) is 0 Å². The molecule has 1 heterocycles. The summed E-state index contributed by atoms with van der Waals surface area (Å²) in [4.78, 5) is 2.65. The van der Waals surface area contributed by atoms with Gasteiger partial charge < -0.3 is 0 Å². The van der Waals surface area contributed by atoms with E-state index in [1.165, 1.54) is 54.6 Å². The van der Waals surface area contributed by atoms with E-state index in [1.807, 2.05) is 13.8 Å². The fraction of sp³-hybridized carbons (Fsp3) is 0.556. The molecule has 0 saturated carbocycles. The number of fused-ring (bicyclic) bond motifs is 2. The van der Waals surface area contributed by atoms with E-state index in [0.717, 1.165) is 6.54 Å². The fourth-order valence-electron chi connectivity index (χ4n) is 4.99. The third-order valence-electron chi connectivity index (χ3n) is 6.74. The molecule has 0 radical (unpaired) electrons. The lowest BCUT2D eigenvalue weighted by atomic mass is 9.58. The van der Waals surface area contributed by atoms with E-state index in [0.29, 0.717) is 5.41 Å². The highest BCUT2D eigenvalue weighted by Gasteiger charge is 2.45. The van der Waals surface area contributed by atoms with Gasteiger partial charge in [-0.2, -0.15) is 0 Å². The van der Waals surface area contributed by atoms with E-state index in [4.69, 9.17) is 0 Å². The predicted octanol–water partition coefficient (Wildman–Crippen LogP) is 6.72. The van der Waals surface area contributed by atoms with E-state index >= 15 is 0 Å². The van der Waals surface area contributed by atoms with Crippen molar-refractivity contribution in [3.8, 4) is 0 Å². The Bertz CT molecular complexity index is 799. The number of hydrogen-bond acceptors (Lipinski definition) is 1. The summed E-state index contributed by atoms with van der Waals surface area (Å²) in [5, 5.41) is 0. The maximum Gasteiger partial charge on any atom is 0.0233 e. The molecule has 0 atom stereocenters. The van der Waals surface area contributed by atoms with Crippen molar-refractivity contribution in [1.82, 2.24) is 4.90 Å². The van der Waals surface area contributed by atoms with Crippen LogP contribution in [0.4, 0.5) is 0 Å². The second-order valence-corrected chi connectivity index (χ2v) is 9.79. The zero-order valence-corrected chi connectivity index (χ0v) is 19.2. The Morgan fingerprint density at radius 3 is 2.11 bits per heavy atom. The van der Waals surface area contributed by atoms with Crippen LogP contribution in [0.5, 0.6) is 0 Å². The van der Waals surface area contributed by atoms with Crippen molar-refractivity contribution >= 4 is 0 Å². The molecule has 1 heteroatoms. The van der Waals surface area contributed by atoms with E-state index in [1.54, 1.807) is 11.1 Å². The quantitative estimate of drug-likeness (QED) is 0.561. The number of likely N-dealkylation sites (tertiary alicyclic amines) is 1. The number of nitrogens with zero attached hydrogens (tertiary/aromatic N) is 1. The largest absolute Gasteiger partial charge is 0.299 e. The Morgan fingerprint density at radius 1 is 0.929 bits per heavy atom. The number of rotatable bonds is 2. The summed E-state index contributed by atoms with van der Waals surface area (Å²) < 4.78 is 0. The maximum absolute atomic E-state index is 2.65. The standard InChI is InChI=1S/C25H33N.C2H6/c1-18-14-19(2)22-16-25(23(22)15-18)10-12-26(13-11-25)17-20-6-8-21(9-7-20)24(3,4)5;1-2/h6-9,14-15H,10-13,16-17H2,1-5H3;1-2H3. The molecule has 1 saturated heterocycles. The molecule has 1 aliphatic carbocycles. The molecule has 0 amide bonds. The molecule has 2 aliphatic rings. The van der Waals surface area contributed by atoms with Gasteiger partial charge in [0.15, 0.2) is 0 Å². The molecule has 0 aromatic heterocycles. The van der Waals surface area contributed by atoms with Gasteiger partial charge in [0, 0.05) is 12.0 Å². The Balaban J connectivity index is 0.00000109. The minimum Gasteiger partial charge on any atom is -0.299 e. The summed E-state index contributed by atoms with van der Waals surface area (Å²) in [7, 11) is 0. The monoisotopic (exact) mass is 377 g/mol. The summed E-state index contributed by atoms with van der Waals surface area (Å²) in [6.45, 7) is 18.9. The van der Waals surface area contributed by atoms with Crippen molar-refractivity contribution in [2.45, 2.75) is 85.1 Å². The van der Waals surface area contributed by atoms with Gasteiger partial charge >= 0.3 is 0 Å². The Hall–Kier alpha value is -1.60. The number of piperidine rings is 1. The van der Waals surface area contributed by atoms with Gasteiger partial charge in [-0.3, -0.25) is 4.90 Å². The molecule has 1 aliphatic heterocycles. The van der Waals surface area contributed by atoms with Gasteiger partial charge in [-0.05, 0) is 79.4 Å². The van der Waals surface area contributed by atoms with Gasteiger partial charge in [-0.25, -0.2) is 0 Å². The minimum atomic E-state index is 0.240. The first kappa shape index (κ1) is 21.1. The number of aryl methyl sites for hydroxylation is 2. The highest BCUT2D eigenvalue weighted by molar-refractivity contribution is 5.51. The van der Waals surface area contributed by atoms with Crippen LogP contribution in [0, 0.1) is 13.8 Å². The lowest BCUT2D eigenvalue weighted by Gasteiger charge is -2.50. The molecule has 2 aromatic rings. The summed E-state index contributed by atoms with van der Waals surface area (Å²) in [6.07, 6.45) is 3.95. The number of benzene rings is 2. The molecule has 2 aromatic carbocycles. The molecule has 28 heavy (non-hydrogen) atoms. The maximum atomic E-state index is 2.65. The zero-order valence-electron chi connectivity index (χ0n) is 19.2. The van der Waals surface area contributed by atoms with Gasteiger partial charge in [0.2, 0.25) is 0 Å². The van der Waals surface area contributed by atoms with Crippen LogP contribution in [0.1, 0.15) is 80.8 Å². The smallest absolute Gasteiger partial charge is 0.0233 e. The molecule has 4 rings (SSSR count). The molecule has 1 spiro atoms. The third-order valence-corrected chi connectivity index (χ3v) is 6.74. The van der Waals surface area contributed by atoms with Crippen LogP contribution in [-0.2, 0) is 23.8 Å². The molecule has 1 fully saturated rings. The molecule has 0 bridgehead atoms. The lowest BCUT2D eigenvalue weighted by Crippen LogP contribution is -2.49. The summed E-state index contributed by atoms with van der Waals surface area (Å²) in [5.41, 5.74) is 9.85. The van der Waals surface area contributed by atoms with Gasteiger partial charge in [0.25, 0.3) is 0 Å². The van der Waals surface area contributed by atoms with Crippen molar-refractivity contribution in [1.29, 1.82) is 0 Å². The fourth-order valence-corrected chi connectivity index (χ4v) is 4.99. The summed E-state index contributed by atoms with van der Waals surface area (Å²) in [6, 6.07) is 14.1. The Kier molecular flexibility index (Phi) is 6.05. The first-order chi connectivity index (χ1) is 13.3. The average molecular weight is 378 g/mol. The van der Waals surface area contributed by atoms with Crippen molar-refractivity contribution in [2.24, 2.45) is 0 Å². The molecular weight excluding hydrogens is 338 g/mol. The molecule has 1 nitrogen and oxygen atoms in total. The topological polar surface area (TPSA) is 3.24 Å². The molecular formula is C27H39N. The highest BCUT2D eigenvalue weighted by Crippen LogP contribution is 2.49. The van der Waals surface area contributed by atoms with Gasteiger partial charge in [-0.1, -0.05) is 76.6 Å². The van der Waals surface area contributed by atoms with Crippen LogP contribution < -0.4 is 0 Å². The van der Waals surface area contributed by atoms with Crippen molar-refractivity contribution in [3.05, 3.63) is 69.8 Å². The molecule has 0 unspecified atom stereocenters. The molecule has 152 valence electrons. The predicted molar refractivity (Wildman–Crippen MR) is 122 cm³/mol. The summed E-state index contributed by atoms with van der Waals surface area (Å²) >= 11 is 0. The normalized spacial score (nSPS) is 18.1. The number of hydrogen-bond donors (Lipinski definition) is 0. The summed E-state index contributed by atoms with van der Waals surface area (Å²) in [5.74, 6) is 0. The molecule has 0 N–H and O–H groups in total. The first-order valence-electron chi connectivity index (χ1n) is 11.2. The van der Waals surface area contributed by atoms with E-state index in [9.17, 15) is 0 Å². The third kappa shape index (κ3) is 4.06. The van der Waals surface area contributed by atoms with Crippen LogP contribution in [0.3, 0.4) is 0 Å². The second kappa shape index (κ2) is 8.03. The van der Waals surface area contributed by atoms with E-state index in [-0.39, 0.29) is 5.41 Å². The van der Waals surface area contributed by atoms with Crippen molar-refractivity contribution < 1.29 is 0 Å². The van der Waals surface area contributed by atoms with Crippen LogP contribution >= 0.6 is 0 Å². The average Bonchev–Trinajstić information content (AvgIpc) is 2.66. The van der Waals surface area contributed by atoms with Gasteiger partial charge in [0.05, 0.1) is 0 Å². The lowest BCUT2D eigenvalue weighted by molar-refractivity contribution is 0.137. The van der Waals surface area contributed by atoms with E-state index in [2.05, 4.69) is 75.9 Å². The van der Waals surface area contributed by atoms with Gasteiger partial charge in [0.1, 0.15) is 0 Å². The van der Waals surface area contributed by atoms with Crippen LogP contribution in [0.25, 0.3) is 0 Å². The Labute approximate surface area is 173 Å². The van der Waals surface area contributed by atoms with Crippen LogP contribution in [0.15, 0.2) is 36.4 Å². The SMILES string of the molecule is CC.Cc1cc(C)c2c(c1)C1(CCN(Cc3ccc(C(C)(C)C)cc3)CC1)C2. The van der Waals surface area contributed by atoms with Gasteiger partial charge in [-0.15, -0.1) is 0 Å². The van der Waals surface area contributed by atoms with E-state index < -0.39 is 0 Å². The second-order valence-electron chi connectivity index (χ2n) is 9.79. The zero-order chi connectivity index (χ0) is 20.5. The minimum absolute atomic E-state index is 0.240. The van der Waals surface area contributed by atoms with Crippen LogP contribution in [0.2, 0.25) is 0 Å². The Morgan fingerprint density at radius 2 is 1.54 bits per heavy atom. The van der Waals surface area contributed by atoms with Crippen LogP contribution in [-0.4, -0.2) is 18.0 Å². The highest BCUT2D eigenvalue weighted by atomic mass is 15.1. The first-order valence-corrected chi connectivity index (χ1v) is 11.2.